The van der Waals surface area contributed by atoms with E-state index in [9.17, 15) is 18.3 Å². The van der Waals surface area contributed by atoms with Gasteiger partial charge in [-0.15, -0.1) is 0 Å². The maximum absolute atomic E-state index is 13.0. The van der Waals surface area contributed by atoms with Gasteiger partial charge in [0.05, 0.1) is 6.21 Å². The first-order valence-corrected chi connectivity index (χ1v) is 5.72. The smallest absolute Gasteiger partial charge is 0.371 e. The van der Waals surface area contributed by atoms with Gasteiger partial charge < -0.3 is 10.5 Å². The lowest BCUT2D eigenvalue weighted by molar-refractivity contribution is -0.233. The number of halogens is 3. The standard InChI is InChI=1S/C13H17F3N2O/c1-11(2,3)18-17-9-12(19,13(14,15)16)10-7-5-4-6-8-10/h4-9,18-19H,1-3H3. The second kappa shape index (κ2) is 5.21. The highest BCUT2D eigenvalue weighted by Gasteiger charge is 2.54. The number of nitrogens with one attached hydrogen (secondary N) is 1. The normalized spacial score (nSPS) is 16.4. The Morgan fingerprint density at radius 2 is 1.63 bits per heavy atom. The maximum atomic E-state index is 13.0. The number of hydrogen-bond donors (Lipinski definition) is 2. The summed E-state index contributed by atoms with van der Waals surface area (Å²) in [6, 6.07) is 6.84. The molecule has 1 rings (SSSR count). The molecule has 6 heteroatoms. The predicted molar refractivity (Wildman–Crippen MR) is 67.8 cm³/mol. The summed E-state index contributed by atoms with van der Waals surface area (Å²) in [5.41, 5.74) is -1.34. The van der Waals surface area contributed by atoms with Crippen LogP contribution in [-0.2, 0) is 5.60 Å². The van der Waals surface area contributed by atoms with Gasteiger partial charge in [-0.25, -0.2) is 0 Å². The fourth-order valence-corrected chi connectivity index (χ4v) is 1.32. The molecule has 0 amide bonds. The molecule has 0 radical (unpaired) electrons. The van der Waals surface area contributed by atoms with Gasteiger partial charge in [0.2, 0.25) is 5.60 Å². The zero-order chi connectivity index (χ0) is 14.7. The minimum atomic E-state index is -4.85. The third-order valence-corrected chi connectivity index (χ3v) is 2.30. The molecule has 2 N–H and O–H groups in total. The molecule has 1 unspecified atom stereocenters. The summed E-state index contributed by atoms with van der Waals surface area (Å²) < 4.78 is 39.1. The maximum Gasteiger partial charge on any atom is 0.426 e. The molecular formula is C13H17F3N2O. The molecule has 0 aromatic heterocycles. The van der Waals surface area contributed by atoms with Crippen LogP contribution in [-0.4, -0.2) is 23.0 Å². The Morgan fingerprint density at radius 3 is 2.05 bits per heavy atom. The molecule has 0 heterocycles. The topological polar surface area (TPSA) is 44.6 Å². The average molecular weight is 274 g/mol. The van der Waals surface area contributed by atoms with E-state index in [4.69, 9.17) is 0 Å². The third kappa shape index (κ3) is 3.96. The molecule has 19 heavy (non-hydrogen) atoms. The van der Waals surface area contributed by atoms with Gasteiger partial charge in [0.1, 0.15) is 0 Å². The lowest BCUT2D eigenvalue weighted by Gasteiger charge is -2.27. The summed E-state index contributed by atoms with van der Waals surface area (Å²) in [5, 5.41) is 13.4. The summed E-state index contributed by atoms with van der Waals surface area (Å²) in [7, 11) is 0. The number of hydrogen-bond acceptors (Lipinski definition) is 3. The van der Waals surface area contributed by atoms with Crippen LogP contribution in [0.2, 0.25) is 0 Å². The van der Waals surface area contributed by atoms with E-state index in [1.54, 1.807) is 26.8 Å². The quantitative estimate of drug-likeness (QED) is 0.657. The van der Waals surface area contributed by atoms with Gasteiger partial charge in [-0.3, -0.25) is 0 Å². The van der Waals surface area contributed by atoms with E-state index in [1.165, 1.54) is 24.3 Å². The van der Waals surface area contributed by atoms with Crippen LogP contribution >= 0.6 is 0 Å². The minimum Gasteiger partial charge on any atom is -0.371 e. The van der Waals surface area contributed by atoms with Crippen LogP contribution in [0.15, 0.2) is 35.4 Å². The minimum absolute atomic E-state index is 0.276. The molecule has 3 nitrogen and oxygen atoms in total. The Bertz CT molecular complexity index is 437. The highest BCUT2D eigenvalue weighted by atomic mass is 19.4. The van der Waals surface area contributed by atoms with Crippen LogP contribution in [0.3, 0.4) is 0 Å². The summed E-state index contributed by atoms with van der Waals surface area (Å²) in [6.45, 7) is 5.25. The Hall–Kier alpha value is -1.56. The molecule has 0 aliphatic heterocycles. The van der Waals surface area contributed by atoms with Gasteiger partial charge in [-0.05, 0) is 26.3 Å². The Kier molecular flexibility index (Phi) is 4.25. The van der Waals surface area contributed by atoms with Crippen molar-refractivity contribution in [3.05, 3.63) is 35.9 Å². The van der Waals surface area contributed by atoms with Crippen LogP contribution in [0.5, 0.6) is 0 Å². The van der Waals surface area contributed by atoms with Crippen molar-refractivity contribution in [2.75, 3.05) is 0 Å². The van der Waals surface area contributed by atoms with Crippen LogP contribution in [0, 0.1) is 0 Å². The first kappa shape index (κ1) is 15.5. The van der Waals surface area contributed by atoms with E-state index < -0.39 is 17.3 Å². The average Bonchev–Trinajstić information content (AvgIpc) is 2.26. The predicted octanol–water partition coefficient (Wildman–Crippen LogP) is 2.81. The van der Waals surface area contributed by atoms with Crippen LogP contribution in [0.25, 0.3) is 0 Å². The SMILES string of the molecule is CC(C)(C)NN=CC(O)(c1ccccc1)C(F)(F)F. The monoisotopic (exact) mass is 274 g/mol. The van der Waals surface area contributed by atoms with Gasteiger partial charge >= 0.3 is 6.18 Å². The van der Waals surface area contributed by atoms with Crippen LogP contribution in [0.4, 0.5) is 13.2 Å². The van der Waals surface area contributed by atoms with Crippen molar-refractivity contribution < 1.29 is 18.3 Å². The van der Waals surface area contributed by atoms with Crippen molar-refractivity contribution in [2.24, 2.45) is 5.10 Å². The molecule has 0 spiro atoms. The van der Waals surface area contributed by atoms with Crippen LogP contribution in [0.1, 0.15) is 26.3 Å². The van der Waals surface area contributed by atoms with E-state index in [0.29, 0.717) is 6.21 Å². The van der Waals surface area contributed by atoms with E-state index in [1.807, 2.05) is 0 Å². The molecule has 0 saturated heterocycles. The fourth-order valence-electron chi connectivity index (χ4n) is 1.32. The molecule has 1 aromatic carbocycles. The summed E-state index contributed by atoms with van der Waals surface area (Å²) in [6.07, 6.45) is -4.37. The van der Waals surface area contributed by atoms with Crippen molar-refractivity contribution in [3.63, 3.8) is 0 Å². The van der Waals surface area contributed by atoms with E-state index >= 15 is 0 Å². The molecule has 1 atom stereocenters. The molecule has 106 valence electrons. The number of nitrogens with zero attached hydrogens (tertiary/aromatic N) is 1. The van der Waals surface area contributed by atoms with Gasteiger partial charge in [-0.1, -0.05) is 30.3 Å². The molecule has 1 aromatic rings. The molecule has 0 fully saturated rings. The molecular weight excluding hydrogens is 257 g/mol. The second-order valence-corrected chi connectivity index (χ2v) is 5.25. The second-order valence-electron chi connectivity index (χ2n) is 5.25. The van der Waals surface area contributed by atoms with Crippen molar-refractivity contribution in [1.82, 2.24) is 5.43 Å². The Labute approximate surface area is 110 Å². The molecule has 0 bridgehead atoms. The van der Waals surface area contributed by atoms with Gasteiger partial charge in [0.15, 0.2) is 0 Å². The summed E-state index contributed by atoms with van der Waals surface area (Å²) >= 11 is 0. The highest BCUT2D eigenvalue weighted by Crippen LogP contribution is 2.37. The molecule has 0 aliphatic carbocycles. The van der Waals surface area contributed by atoms with Gasteiger partial charge in [0.25, 0.3) is 0 Å². The van der Waals surface area contributed by atoms with E-state index in [2.05, 4.69) is 10.5 Å². The number of alkyl halides is 3. The molecule has 0 saturated carbocycles. The van der Waals surface area contributed by atoms with Crippen molar-refractivity contribution in [2.45, 2.75) is 38.1 Å². The zero-order valence-electron chi connectivity index (χ0n) is 11.0. The summed E-state index contributed by atoms with van der Waals surface area (Å²) in [5.74, 6) is 0. The number of aliphatic hydroxyl groups is 1. The first-order valence-electron chi connectivity index (χ1n) is 5.72. The van der Waals surface area contributed by atoms with Gasteiger partial charge in [-0.2, -0.15) is 18.3 Å². The lowest BCUT2D eigenvalue weighted by atomic mass is 9.94. The van der Waals surface area contributed by atoms with Crippen molar-refractivity contribution in [1.29, 1.82) is 0 Å². The van der Waals surface area contributed by atoms with Crippen LogP contribution < -0.4 is 5.43 Å². The lowest BCUT2D eigenvalue weighted by Crippen LogP contribution is -2.45. The molecule has 0 aliphatic rings. The Balaban J connectivity index is 3.10. The van der Waals surface area contributed by atoms with Crippen molar-refractivity contribution >= 4 is 6.21 Å². The third-order valence-electron chi connectivity index (χ3n) is 2.30. The number of benzene rings is 1. The fraction of sp³-hybridized carbons (Fsp3) is 0.462. The highest BCUT2D eigenvalue weighted by molar-refractivity contribution is 5.72. The summed E-state index contributed by atoms with van der Waals surface area (Å²) in [4.78, 5) is 0. The van der Waals surface area contributed by atoms with Crippen molar-refractivity contribution in [3.8, 4) is 0 Å². The Morgan fingerprint density at radius 1 is 1.11 bits per heavy atom. The van der Waals surface area contributed by atoms with E-state index in [0.717, 1.165) is 0 Å². The van der Waals surface area contributed by atoms with E-state index in [-0.39, 0.29) is 5.56 Å². The zero-order valence-corrected chi connectivity index (χ0v) is 11.0. The first-order chi connectivity index (χ1) is 8.56. The number of hydrazone groups is 1. The largest absolute Gasteiger partial charge is 0.426 e. The van der Waals surface area contributed by atoms with Gasteiger partial charge in [0, 0.05) is 5.54 Å². The number of rotatable bonds is 3.